The molecule has 0 saturated heterocycles. The second-order valence-electron chi connectivity index (χ2n) is 4.22. The maximum Gasteiger partial charge on any atom is 0.0148 e. The summed E-state index contributed by atoms with van der Waals surface area (Å²) in [5.41, 5.74) is 0.340. The van der Waals surface area contributed by atoms with E-state index in [1.54, 1.807) is 0 Å². The van der Waals surface area contributed by atoms with Crippen molar-refractivity contribution < 1.29 is 0 Å². The first kappa shape index (κ1) is 13.9. The van der Waals surface area contributed by atoms with E-state index in [-0.39, 0.29) is 0 Å². The van der Waals surface area contributed by atoms with E-state index >= 15 is 0 Å². The van der Waals surface area contributed by atoms with Crippen LogP contribution in [-0.2, 0) is 0 Å². The topological polar surface area (TPSA) is 15.3 Å². The summed E-state index contributed by atoms with van der Waals surface area (Å²) in [4.78, 5) is 2.46. The molecule has 2 nitrogen and oxygen atoms in total. The van der Waals surface area contributed by atoms with Crippen molar-refractivity contribution in [3.63, 3.8) is 0 Å². The van der Waals surface area contributed by atoms with Crippen LogP contribution < -0.4 is 5.32 Å². The normalized spacial score (nSPS) is 12.4. The van der Waals surface area contributed by atoms with Crippen molar-refractivity contribution in [2.75, 3.05) is 26.2 Å². The lowest BCUT2D eigenvalue weighted by atomic mass is 9.96. The molecule has 2 heteroatoms. The second kappa shape index (κ2) is 7.24. The zero-order valence-corrected chi connectivity index (χ0v) is 10.7. The Hall–Kier alpha value is -0.0800. The minimum atomic E-state index is 0.340. The molecule has 86 valence electrons. The number of nitrogens with one attached hydrogen (secondary N) is 1. The molecule has 0 aliphatic carbocycles. The van der Waals surface area contributed by atoms with Gasteiger partial charge in [0, 0.05) is 18.6 Å². The predicted molar refractivity (Wildman–Crippen MR) is 64.8 cm³/mol. The number of likely N-dealkylation sites (N-methyl/N-ethyl adjacent to an activating group) is 1. The highest BCUT2D eigenvalue weighted by molar-refractivity contribution is 4.79. The van der Waals surface area contributed by atoms with Crippen molar-refractivity contribution in [3.8, 4) is 0 Å². The SMILES string of the molecule is CCN(CC)CCNC(C)(CC)CC. The highest BCUT2D eigenvalue weighted by Gasteiger charge is 2.17. The first-order chi connectivity index (χ1) is 6.61. The molecule has 0 aromatic rings. The smallest absolute Gasteiger partial charge is 0.0148 e. The summed E-state index contributed by atoms with van der Waals surface area (Å²) in [5.74, 6) is 0. The highest BCUT2D eigenvalue weighted by atomic mass is 15.1. The minimum absolute atomic E-state index is 0.340. The summed E-state index contributed by atoms with van der Waals surface area (Å²) in [7, 11) is 0. The van der Waals surface area contributed by atoms with Gasteiger partial charge in [0.2, 0.25) is 0 Å². The molecular formula is C12H28N2. The summed E-state index contributed by atoms with van der Waals surface area (Å²) >= 11 is 0. The summed E-state index contributed by atoms with van der Waals surface area (Å²) in [6.45, 7) is 15.9. The van der Waals surface area contributed by atoms with Crippen molar-refractivity contribution in [1.29, 1.82) is 0 Å². The molecule has 0 aliphatic rings. The summed E-state index contributed by atoms with van der Waals surface area (Å²) in [6, 6.07) is 0. The minimum Gasteiger partial charge on any atom is -0.310 e. The van der Waals surface area contributed by atoms with Crippen LogP contribution in [0.25, 0.3) is 0 Å². The van der Waals surface area contributed by atoms with Crippen molar-refractivity contribution in [2.24, 2.45) is 0 Å². The Morgan fingerprint density at radius 1 is 1.00 bits per heavy atom. The number of hydrogen-bond donors (Lipinski definition) is 1. The second-order valence-corrected chi connectivity index (χ2v) is 4.22. The van der Waals surface area contributed by atoms with Crippen LogP contribution in [0.5, 0.6) is 0 Å². The lowest BCUT2D eigenvalue weighted by Gasteiger charge is -2.30. The molecule has 0 fully saturated rings. The zero-order chi connectivity index (χ0) is 11.0. The predicted octanol–water partition coefficient (Wildman–Crippen LogP) is 2.50. The van der Waals surface area contributed by atoms with E-state index in [4.69, 9.17) is 0 Å². The van der Waals surface area contributed by atoms with Gasteiger partial charge in [-0.15, -0.1) is 0 Å². The van der Waals surface area contributed by atoms with Gasteiger partial charge in [-0.1, -0.05) is 27.7 Å². The molecule has 0 aromatic heterocycles. The highest BCUT2D eigenvalue weighted by Crippen LogP contribution is 2.12. The van der Waals surface area contributed by atoms with E-state index in [0.717, 1.165) is 19.6 Å². The van der Waals surface area contributed by atoms with Crippen molar-refractivity contribution in [1.82, 2.24) is 10.2 Å². The standard InChI is InChI=1S/C12H28N2/c1-6-12(5,7-2)13-10-11-14(8-3)9-4/h13H,6-11H2,1-5H3. The van der Waals surface area contributed by atoms with Gasteiger partial charge in [-0.05, 0) is 32.9 Å². The Balaban J connectivity index is 3.70. The third-order valence-electron chi connectivity index (χ3n) is 3.43. The first-order valence-corrected chi connectivity index (χ1v) is 6.09. The largest absolute Gasteiger partial charge is 0.310 e. The van der Waals surface area contributed by atoms with Gasteiger partial charge in [0.05, 0.1) is 0 Å². The maximum atomic E-state index is 3.65. The van der Waals surface area contributed by atoms with E-state index in [1.807, 2.05) is 0 Å². The monoisotopic (exact) mass is 200 g/mol. The molecule has 0 aliphatic heterocycles. The van der Waals surface area contributed by atoms with Gasteiger partial charge in [0.25, 0.3) is 0 Å². The molecule has 0 radical (unpaired) electrons. The molecule has 0 heterocycles. The molecule has 0 saturated carbocycles. The Morgan fingerprint density at radius 2 is 1.50 bits per heavy atom. The summed E-state index contributed by atoms with van der Waals surface area (Å²) < 4.78 is 0. The Kier molecular flexibility index (Phi) is 7.20. The van der Waals surface area contributed by atoms with Crippen LogP contribution in [0.4, 0.5) is 0 Å². The third-order valence-corrected chi connectivity index (χ3v) is 3.43. The third kappa shape index (κ3) is 4.97. The Bertz CT molecular complexity index is 126. The number of rotatable bonds is 8. The molecule has 0 spiro atoms. The molecule has 0 atom stereocenters. The first-order valence-electron chi connectivity index (χ1n) is 6.09. The molecule has 0 rings (SSSR count). The lowest BCUT2D eigenvalue weighted by Crippen LogP contribution is -2.44. The molecule has 0 unspecified atom stereocenters. The molecule has 1 N–H and O–H groups in total. The molecule has 0 amide bonds. The van der Waals surface area contributed by atoms with Gasteiger partial charge in [-0.3, -0.25) is 0 Å². The van der Waals surface area contributed by atoms with Gasteiger partial charge in [0.1, 0.15) is 0 Å². The van der Waals surface area contributed by atoms with Crippen LogP contribution in [0.3, 0.4) is 0 Å². The van der Waals surface area contributed by atoms with E-state index in [1.165, 1.54) is 19.4 Å². The Labute approximate surface area is 90.1 Å². The Morgan fingerprint density at radius 3 is 1.86 bits per heavy atom. The van der Waals surface area contributed by atoms with Crippen LogP contribution in [0.2, 0.25) is 0 Å². The van der Waals surface area contributed by atoms with E-state index in [0.29, 0.717) is 5.54 Å². The quantitative estimate of drug-likeness (QED) is 0.647. The maximum absolute atomic E-state index is 3.65. The van der Waals surface area contributed by atoms with Crippen LogP contribution >= 0.6 is 0 Å². The fraction of sp³-hybridized carbons (Fsp3) is 1.00. The molecule has 14 heavy (non-hydrogen) atoms. The molecule has 0 bridgehead atoms. The van der Waals surface area contributed by atoms with Crippen LogP contribution in [0.15, 0.2) is 0 Å². The van der Waals surface area contributed by atoms with Gasteiger partial charge < -0.3 is 10.2 Å². The molecule has 0 aromatic carbocycles. The van der Waals surface area contributed by atoms with E-state index in [2.05, 4.69) is 44.8 Å². The molecular weight excluding hydrogens is 172 g/mol. The number of hydrogen-bond acceptors (Lipinski definition) is 2. The average Bonchev–Trinajstić information content (AvgIpc) is 2.24. The van der Waals surface area contributed by atoms with E-state index in [9.17, 15) is 0 Å². The van der Waals surface area contributed by atoms with Gasteiger partial charge in [-0.25, -0.2) is 0 Å². The van der Waals surface area contributed by atoms with Crippen molar-refractivity contribution in [2.45, 2.75) is 53.0 Å². The number of nitrogens with zero attached hydrogens (tertiary/aromatic N) is 1. The van der Waals surface area contributed by atoms with Crippen molar-refractivity contribution >= 4 is 0 Å². The summed E-state index contributed by atoms with van der Waals surface area (Å²) in [6.07, 6.45) is 2.42. The lowest BCUT2D eigenvalue weighted by molar-refractivity contribution is 0.266. The van der Waals surface area contributed by atoms with Gasteiger partial charge in [-0.2, -0.15) is 0 Å². The fourth-order valence-corrected chi connectivity index (χ4v) is 1.56. The van der Waals surface area contributed by atoms with Crippen molar-refractivity contribution in [3.05, 3.63) is 0 Å². The van der Waals surface area contributed by atoms with Crippen LogP contribution in [0, 0.1) is 0 Å². The summed E-state index contributed by atoms with van der Waals surface area (Å²) in [5, 5.41) is 3.65. The average molecular weight is 200 g/mol. The van der Waals surface area contributed by atoms with Gasteiger partial charge >= 0.3 is 0 Å². The van der Waals surface area contributed by atoms with Crippen LogP contribution in [-0.4, -0.2) is 36.6 Å². The van der Waals surface area contributed by atoms with Gasteiger partial charge in [0.15, 0.2) is 0 Å². The fourth-order valence-electron chi connectivity index (χ4n) is 1.56. The van der Waals surface area contributed by atoms with Crippen LogP contribution in [0.1, 0.15) is 47.5 Å². The van der Waals surface area contributed by atoms with E-state index < -0.39 is 0 Å². The zero-order valence-electron chi connectivity index (χ0n) is 10.7.